The van der Waals surface area contributed by atoms with Crippen LogP contribution in [0.4, 0.5) is 10.5 Å². The fourth-order valence-corrected chi connectivity index (χ4v) is 0.691. The molecular weight excluding hydrogens is 158 g/mol. The lowest BCUT2D eigenvalue weighted by atomic mass is 10.4. The Bertz CT molecular complexity index is 262. The number of urea groups is 1. The highest BCUT2D eigenvalue weighted by Crippen LogP contribution is 2.06. The van der Waals surface area contributed by atoms with Gasteiger partial charge in [-0.2, -0.15) is 0 Å². The molecule has 6 heteroatoms. The van der Waals surface area contributed by atoms with E-state index in [1.165, 1.54) is 12.4 Å². The molecule has 0 fully saturated rings. The van der Waals surface area contributed by atoms with E-state index in [0.29, 0.717) is 5.69 Å². The van der Waals surface area contributed by atoms with Gasteiger partial charge in [-0.15, -0.1) is 0 Å². The minimum atomic E-state index is -0.582. The third-order valence-electron chi connectivity index (χ3n) is 1.28. The van der Waals surface area contributed by atoms with Gasteiger partial charge >= 0.3 is 6.03 Å². The Hall–Kier alpha value is -1.66. The van der Waals surface area contributed by atoms with Crippen molar-refractivity contribution in [3.63, 3.8) is 0 Å². The van der Waals surface area contributed by atoms with E-state index >= 15 is 0 Å². The fraction of sp³-hybridized carbons (Fsp3) is 0. The summed E-state index contributed by atoms with van der Waals surface area (Å²) in [6.07, 6.45) is 3.05. The number of nitrogens with two attached hydrogens (primary N) is 2. The molecule has 2 amide bonds. The lowest BCUT2D eigenvalue weighted by Gasteiger charge is -2.14. The molecule has 0 aromatic carbocycles. The maximum Gasteiger partial charge on any atom is 0.350 e. The molecule has 1 rings (SSSR count). The molecule has 64 valence electrons. The summed E-state index contributed by atoms with van der Waals surface area (Å²) in [4.78, 5) is 14.6. The van der Waals surface area contributed by atoms with Crippen LogP contribution in [-0.4, -0.2) is 11.0 Å². The lowest BCUT2D eigenvalue weighted by Crippen LogP contribution is -2.47. The fourth-order valence-electron chi connectivity index (χ4n) is 0.691. The number of hydrogen-bond donors (Lipinski definition) is 3. The molecule has 6 nitrogen and oxygen atoms in total. The normalized spacial score (nSPS) is 9.17. The third kappa shape index (κ3) is 1.68. The Morgan fingerprint density at radius 2 is 2.08 bits per heavy atom. The summed E-state index contributed by atoms with van der Waals surface area (Å²) in [7, 11) is 0. The van der Waals surface area contributed by atoms with E-state index in [1.807, 2.05) is 5.43 Å². The highest BCUT2D eigenvalue weighted by atomic mass is 16.2. The number of hydrogen-bond acceptors (Lipinski definition) is 4. The number of carbonyl (C=O) groups excluding carboxylic acids is 1. The number of nitrogens with zero attached hydrogens (tertiary/aromatic N) is 2. The summed E-state index contributed by atoms with van der Waals surface area (Å²) in [5, 5.41) is 0.891. The molecule has 5 N–H and O–H groups in total. The molecule has 0 atom stereocenters. The number of anilines is 1. The second kappa shape index (κ2) is 3.65. The summed E-state index contributed by atoms with van der Waals surface area (Å²) in [6.45, 7) is 0. The van der Waals surface area contributed by atoms with Gasteiger partial charge in [-0.1, -0.05) is 0 Å². The van der Waals surface area contributed by atoms with Gasteiger partial charge in [0, 0.05) is 12.4 Å². The summed E-state index contributed by atoms with van der Waals surface area (Å²) in [5.41, 5.74) is 2.43. The standard InChI is InChI=1S/C6H9N5O/c7-10-6(12)11(8)5-1-3-9-4-2-5/h1-4H,7-8H2,(H,10,12). The number of rotatable bonds is 1. The first-order valence-electron chi connectivity index (χ1n) is 3.21. The van der Waals surface area contributed by atoms with Crippen LogP contribution in [0.5, 0.6) is 0 Å². The van der Waals surface area contributed by atoms with E-state index in [-0.39, 0.29) is 0 Å². The molecule has 0 spiro atoms. The summed E-state index contributed by atoms with van der Waals surface area (Å²) < 4.78 is 0. The van der Waals surface area contributed by atoms with Gasteiger partial charge in [-0.25, -0.2) is 21.5 Å². The Balaban J connectivity index is 2.78. The zero-order valence-corrected chi connectivity index (χ0v) is 6.27. The smallest absolute Gasteiger partial charge is 0.274 e. The van der Waals surface area contributed by atoms with Crippen molar-refractivity contribution in [1.29, 1.82) is 0 Å². The van der Waals surface area contributed by atoms with Gasteiger partial charge in [0.25, 0.3) is 0 Å². The van der Waals surface area contributed by atoms with Gasteiger partial charge in [0.1, 0.15) is 0 Å². The first-order valence-corrected chi connectivity index (χ1v) is 3.21. The quantitative estimate of drug-likeness (QED) is 0.294. The van der Waals surface area contributed by atoms with E-state index in [1.54, 1.807) is 12.1 Å². The third-order valence-corrected chi connectivity index (χ3v) is 1.28. The second-order valence-electron chi connectivity index (χ2n) is 2.02. The van der Waals surface area contributed by atoms with E-state index < -0.39 is 6.03 Å². The van der Waals surface area contributed by atoms with Crippen LogP contribution in [0.3, 0.4) is 0 Å². The van der Waals surface area contributed by atoms with Gasteiger partial charge in [-0.05, 0) is 12.1 Å². The molecule has 0 saturated heterocycles. The molecule has 0 aliphatic rings. The van der Waals surface area contributed by atoms with Crippen LogP contribution >= 0.6 is 0 Å². The Labute approximate surface area is 69.1 Å². The van der Waals surface area contributed by atoms with Gasteiger partial charge in [-0.3, -0.25) is 10.4 Å². The van der Waals surface area contributed by atoms with Crippen molar-refractivity contribution in [2.24, 2.45) is 11.7 Å². The number of aromatic nitrogens is 1. The van der Waals surface area contributed by atoms with Crippen LogP contribution in [0, 0.1) is 0 Å². The maximum absolute atomic E-state index is 10.9. The highest BCUT2D eigenvalue weighted by Gasteiger charge is 2.07. The number of pyridine rings is 1. The summed E-state index contributed by atoms with van der Waals surface area (Å²) >= 11 is 0. The van der Waals surface area contributed by atoms with Crippen LogP contribution in [0.25, 0.3) is 0 Å². The van der Waals surface area contributed by atoms with E-state index in [0.717, 1.165) is 5.01 Å². The van der Waals surface area contributed by atoms with Gasteiger partial charge in [0.15, 0.2) is 0 Å². The zero-order chi connectivity index (χ0) is 8.97. The predicted molar refractivity (Wildman–Crippen MR) is 43.6 cm³/mol. The maximum atomic E-state index is 10.9. The van der Waals surface area contributed by atoms with Crippen LogP contribution in [0.15, 0.2) is 24.5 Å². The number of carbonyl (C=O) groups is 1. The Morgan fingerprint density at radius 3 is 2.58 bits per heavy atom. The molecule has 12 heavy (non-hydrogen) atoms. The number of amides is 2. The molecule has 1 heterocycles. The molecular formula is C6H9N5O. The van der Waals surface area contributed by atoms with Crippen LogP contribution < -0.4 is 22.1 Å². The molecule has 0 aliphatic heterocycles. The van der Waals surface area contributed by atoms with Crippen LogP contribution in [0.1, 0.15) is 0 Å². The van der Waals surface area contributed by atoms with Crippen LogP contribution in [0.2, 0.25) is 0 Å². The average Bonchev–Trinajstić information content (AvgIpc) is 2.17. The Kier molecular flexibility index (Phi) is 2.57. The van der Waals surface area contributed by atoms with Crippen molar-refractivity contribution >= 4 is 11.7 Å². The second-order valence-corrected chi connectivity index (χ2v) is 2.02. The van der Waals surface area contributed by atoms with E-state index in [4.69, 9.17) is 11.7 Å². The van der Waals surface area contributed by atoms with Crippen molar-refractivity contribution in [1.82, 2.24) is 10.4 Å². The van der Waals surface area contributed by atoms with Crippen molar-refractivity contribution < 1.29 is 4.79 Å². The lowest BCUT2D eigenvalue weighted by molar-refractivity contribution is 0.246. The monoisotopic (exact) mass is 167 g/mol. The van der Waals surface area contributed by atoms with E-state index in [9.17, 15) is 4.79 Å². The highest BCUT2D eigenvalue weighted by molar-refractivity contribution is 5.90. The Morgan fingerprint density at radius 1 is 1.50 bits per heavy atom. The molecule has 0 unspecified atom stereocenters. The first-order chi connectivity index (χ1) is 5.75. The van der Waals surface area contributed by atoms with Gasteiger partial charge < -0.3 is 0 Å². The van der Waals surface area contributed by atoms with Crippen LogP contribution in [-0.2, 0) is 0 Å². The van der Waals surface area contributed by atoms with Gasteiger partial charge in [0.2, 0.25) is 0 Å². The molecule has 0 saturated carbocycles. The minimum absolute atomic E-state index is 0.521. The minimum Gasteiger partial charge on any atom is -0.274 e. The zero-order valence-electron chi connectivity index (χ0n) is 6.27. The SMILES string of the molecule is NNC(=O)N(N)c1ccncc1. The van der Waals surface area contributed by atoms with Crippen molar-refractivity contribution in [3.8, 4) is 0 Å². The molecule has 0 radical (unpaired) electrons. The molecule has 1 aromatic heterocycles. The number of nitrogens with one attached hydrogen (secondary N) is 1. The molecule has 0 bridgehead atoms. The molecule has 0 aliphatic carbocycles. The number of hydrazine groups is 2. The van der Waals surface area contributed by atoms with Crippen molar-refractivity contribution in [2.75, 3.05) is 5.01 Å². The van der Waals surface area contributed by atoms with Gasteiger partial charge in [0.05, 0.1) is 5.69 Å². The molecule has 1 aromatic rings. The average molecular weight is 167 g/mol. The predicted octanol–water partition coefficient (Wildman–Crippen LogP) is -0.655. The summed E-state index contributed by atoms with van der Waals surface area (Å²) in [6, 6.07) is 2.60. The van der Waals surface area contributed by atoms with Crippen molar-refractivity contribution in [2.45, 2.75) is 0 Å². The topological polar surface area (TPSA) is 97.3 Å². The first kappa shape index (κ1) is 8.44. The summed E-state index contributed by atoms with van der Waals surface area (Å²) in [5.74, 6) is 10.2. The van der Waals surface area contributed by atoms with E-state index in [2.05, 4.69) is 4.98 Å². The largest absolute Gasteiger partial charge is 0.350 e. The van der Waals surface area contributed by atoms with Crippen molar-refractivity contribution in [3.05, 3.63) is 24.5 Å².